The number of hydrogen-bond acceptors (Lipinski definition) is 15. The van der Waals surface area contributed by atoms with Crippen LogP contribution in [-0.4, -0.2) is 103 Å². The van der Waals surface area contributed by atoms with Crippen LogP contribution in [0.5, 0.6) is 0 Å². The van der Waals surface area contributed by atoms with E-state index in [2.05, 4.69) is 19.6 Å². The van der Waals surface area contributed by atoms with Gasteiger partial charge in [0.1, 0.15) is 18.5 Å². The highest BCUT2D eigenvalue weighted by molar-refractivity contribution is 7.92. The third kappa shape index (κ3) is 13.7. The van der Waals surface area contributed by atoms with Gasteiger partial charge in [-0.05, 0) is 36.6 Å². The van der Waals surface area contributed by atoms with Crippen LogP contribution in [0.2, 0.25) is 0 Å². The van der Waals surface area contributed by atoms with Crippen molar-refractivity contribution in [3.8, 4) is 11.3 Å². The summed E-state index contributed by atoms with van der Waals surface area (Å²) in [6.07, 6.45) is -0.849. The van der Waals surface area contributed by atoms with Gasteiger partial charge >= 0.3 is 5.97 Å². The number of anilines is 1. The standard InChI is InChI=1S/C28H38FN5O13S/c1-18(2)26-24(27(19-5-7-20(29)8-6-19)31-28(30-26)32(3)48(4,42)43)10-9-21(35)15-22(36)16-25(37)45-14-13-44-17-23(47-34(40)41)11-12-46-33(38)39/h5-10,18,21-23,35-36H,11-17H2,1-4H3/b10-9+/t21-,22-,23?/m1/s1. The SMILES string of the molecule is CC(C)c1nc(N(C)S(C)(=O)=O)nc(-c2ccc(F)cc2)c1/C=C/[C@@H](O)C[C@@H](O)CC(=O)OCCOCC(CCO[N+](=O)[O-])O[N+](=O)[O-]. The largest absolute Gasteiger partial charge is 0.463 e. The molecule has 0 spiro atoms. The predicted octanol–water partition coefficient (Wildman–Crippen LogP) is 2.05. The second kappa shape index (κ2) is 18.7. The average molecular weight is 704 g/mol. The van der Waals surface area contributed by atoms with Crippen molar-refractivity contribution in [2.75, 3.05) is 44.0 Å². The number of aliphatic hydroxyl groups is 2. The molecule has 48 heavy (non-hydrogen) atoms. The zero-order valence-corrected chi connectivity index (χ0v) is 27.4. The van der Waals surface area contributed by atoms with E-state index in [9.17, 15) is 48.0 Å². The summed E-state index contributed by atoms with van der Waals surface area (Å²) in [5.41, 5.74) is 1.58. The third-order valence-electron chi connectivity index (χ3n) is 6.47. The minimum absolute atomic E-state index is 0.107. The number of hydrogen-bond donors (Lipinski definition) is 2. The van der Waals surface area contributed by atoms with Gasteiger partial charge in [0.15, 0.2) is 0 Å². The van der Waals surface area contributed by atoms with E-state index in [0.717, 1.165) is 10.6 Å². The number of aromatic nitrogens is 2. The molecule has 0 bridgehead atoms. The molecule has 266 valence electrons. The van der Waals surface area contributed by atoms with Gasteiger partial charge in [0.25, 0.3) is 10.2 Å². The summed E-state index contributed by atoms with van der Waals surface area (Å²) < 4.78 is 49.2. The molecular weight excluding hydrogens is 665 g/mol. The quantitative estimate of drug-likeness (QED) is 0.0818. The monoisotopic (exact) mass is 703 g/mol. The molecule has 1 unspecified atom stereocenters. The van der Waals surface area contributed by atoms with Gasteiger partial charge in [-0.15, -0.1) is 20.2 Å². The maximum absolute atomic E-state index is 13.7. The number of esters is 1. The first-order chi connectivity index (χ1) is 22.5. The summed E-state index contributed by atoms with van der Waals surface area (Å²) in [5, 5.41) is 39.6. The minimum atomic E-state index is -3.72. The normalized spacial score (nSPS) is 13.6. The molecule has 0 aliphatic rings. The highest BCUT2D eigenvalue weighted by Gasteiger charge is 2.23. The summed E-state index contributed by atoms with van der Waals surface area (Å²) in [6.45, 7) is 2.37. The van der Waals surface area contributed by atoms with Crippen molar-refractivity contribution in [2.45, 2.75) is 57.3 Å². The minimum Gasteiger partial charge on any atom is -0.463 e. The van der Waals surface area contributed by atoms with Crippen molar-refractivity contribution >= 4 is 28.0 Å². The van der Waals surface area contributed by atoms with E-state index < -0.39 is 63.3 Å². The molecule has 0 radical (unpaired) electrons. The van der Waals surface area contributed by atoms with Crippen molar-refractivity contribution in [1.29, 1.82) is 0 Å². The molecule has 0 fully saturated rings. The summed E-state index contributed by atoms with van der Waals surface area (Å²) in [7, 11) is -2.42. The molecular formula is C28H38FN5O13S. The molecule has 0 aliphatic carbocycles. The molecule has 20 heteroatoms. The van der Waals surface area contributed by atoms with Crippen LogP contribution in [0.15, 0.2) is 30.3 Å². The summed E-state index contributed by atoms with van der Waals surface area (Å²) in [5.74, 6) is -1.66. The molecule has 1 heterocycles. The zero-order chi connectivity index (χ0) is 36.0. The second-order valence-corrected chi connectivity index (χ2v) is 12.7. The molecule has 2 rings (SSSR count). The van der Waals surface area contributed by atoms with Gasteiger partial charge < -0.3 is 29.4 Å². The Morgan fingerprint density at radius 3 is 2.33 bits per heavy atom. The van der Waals surface area contributed by atoms with Crippen LogP contribution < -0.4 is 4.31 Å². The van der Waals surface area contributed by atoms with E-state index in [1.807, 2.05) is 13.8 Å². The lowest BCUT2D eigenvalue weighted by atomic mass is 9.97. The molecule has 0 aliphatic heterocycles. The van der Waals surface area contributed by atoms with Crippen LogP contribution in [0, 0.1) is 26.0 Å². The number of halogens is 1. The second-order valence-electron chi connectivity index (χ2n) is 10.7. The molecule has 3 atom stereocenters. The summed E-state index contributed by atoms with van der Waals surface area (Å²) in [6, 6.07) is 5.37. The Bertz CT molecular complexity index is 1530. The van der Waals surface area contributed by atoms with Crippen molar-refractivity contribution in [3.05, 3.63) is 67.6 Å². The van der Waals surface area contributed by atoms with Crippen molar-refractivity contribution in [3.63, 3.8) is 0 Å². The fraction of sp³-hybridized carbons (Fsp3) is 0.536. The Morgan fingerprint density at radius 2 is 1.75 bits per heavy atom. The number of nitrogens with zero attached hydrogens (tertiary/aromatic N) is 5. The van der Waals surface area contributed by atoms with Crippen molar-refractivity contribution < 1.29 is 57.1 Å². The number of sulfonamides is 1. The summed E-state index contributed by atoms with van der Waals surface area (Å²) in [4.78, 5) is 50.3. The Balaban J connectivity index is 2.04. The Labute approximate surface area is 275 Å². The maximum Gasteiger partial charge on any atom is 0.308 e. The number of carbonyl (C=O) groups excluding carboxylic acids is 1. The Morgan fingerprint density at radius 1 is 1.08 bits per heavy atom. The maximum atomic E-state index is 13.7. The van der Waals surface area contributed by atoms with Crippen LogP contribution >= 0.6 is 0 Å². The molecule has 2 aromatic rings. The lowest BCUT2D eigenvalue weighted by molar-refractivity contribution is -0.774. The van der Waals surface area contributed by atoms with Gasteiger partial charge in [0.05, 0.1) is 56.1 Å². The number of aliphatic hydroxyl groups excluding tert-OH is 2. The number of carbonyl (C=O) groups is 1. The van der Waals surface area contributed by atoms with Crippen LogP contribution in [-0.2, 0) is 34.0 Å². The Hall–Kier alpha value is -4.53. The van der Waals surface area contributed by atoms with Crippen LogP contribution in [0.25, 0.3) is 17.3 Å². The van der Waals surface area contributed by atoms with Crippen molar-refractivity contribution in [1.82, 2.24) is 9.97 Å². The molecule has 1 aromatic carbocycles. The van der Waals surface area contributed by atoms with Gasteiger partial charge in [0, 0.05) is 24.6 Å². The molecule has 0 saturated heterocycles. The average Bonchev–Trinajstić information content (AvgIpc) is 2.98. The van der Waals surface area contributed by atoms with Gasteiger partial charge in [-0.25, -0.2) is 27.1 Å². The number of ether oxygens (including phenoxy) is 2. The molecule has 0 amide bonds. The van der Waals surface area contributed by atoms with Crippen LogP contribution in [0.3, 0.4) is 0 Å². The summed E-state index contributed by atoms with van der Waals surface area (Å²) >= 11 is 0. The highest BCUT2D eigenvalue weighted by Crippen LogP contribution is 2.31. The predicted molar refractivity (Wildman–Crippen MR) is 166 cm³/mol. The lowest BCUT2D eigenvalue weighted by Crippen LogP contribution is -2.27. The van der Waals surface area contributed by atoms with Crippen LogP contribution in [0.4, 0.5) is 10.3 Å². The van der Waals surface area contributed by atoms with E-state index >= 15 is 0 Å². The van der Waals surface area contributed by atoms with Crippen molar-refractivity contribution in [2.24, 2.45) is 0 Å². The van der Waals surface area contributed by atoms with Gasteiger partial charge in [-0.2, -0.15) is 0 Å². The van der Waals surface area contributed by atoms with Gasteiger partial charge in [0.2, 0.25) is 16.0 Å². The first-order valence-electron chi connectivity index (χ1n) is 14.5. The Kier molecular flexibility index (Phi) is 15.5. The molecule has 1 aromatic heterocycles. The van der Waals surface area contributed by atoms with E-state index in [1.54, 1.807) is 0 Å². The van der Waals surface area contributed by atoms with E-state index in [1.165, 1.54) is 43.5 Å². The first kappa shape index (κ1) is 39.6. The highest BCUT2D eigenvalue weighted by atomic mass is 32.2. The third-order valence-corrected chi connectivity index (χ3v) is 7.63. The van der Waals surface area contributed by atoms with E-state index in [-0.39, 0.29) is 50.2 Å². The van der Waals surface area contributed by atoms with Crippen LogP contribution in [0.1, 0.15) is 50.3 Å². The lowest BCUT2D eigenvalue weighted by Gasteiger charge is -2.20. The molecule has 0 saturated carbocycles. The fourth-order valence-corrected chi connectivity index (χ4v) is 4.45. The zero-order valence-electron chi connectivity index (χ0n) is 26.6. The smallest absolute Gasteiger partial charge is 0.308 e. The number of rotatable bonds is 21. The number of benzene rings is 1. The topological polar surface area (TPSA) is 244 Å². The van der Waals surface area contributed by atoms with Gasteiger partial charge in [-0.1, -0.05) is 26.0 Å². The first-order valence-corrected chi connectivity index (χ1v) is 16.3. The van der Waals surface area contributed by atoms with E-state index in [0.29, 0.717) is 16.8 Å². The van der Waals surface area contributed by atoms with Gasteiger partial charge in [-0.3, -0.25) is 4.79 Å². The fourth-order valence-electron chi connectivity index (χ4n) is 4.07. The van der Waals surface area contributed by atoms with E-state index in [4.69, 9.17) is 9.47 Å². The molecule has 2 N–H and O–H groups in total. The molecule has 18 nitrogen and oxygen atoms in total.